The van der Waals surface area contributed by atoms with Gasteiger partial charge in [-0.05, 0) is 47.4 Å². The van der Waals surface area contributed by atoms with Crippen molar-refractivity contribution >= 4 is 23.7 Å². The Bertz CT molecular complexity index is 1030. The number of amides is 3. The summed E-state index contributed by atoms with van der Waals surface area (Å²) in [7, 11) is 0. The summed E-state index contributed by atoms with van der Waals surface area (Å²) in [5.41, 5.74) is 5.86. The summed E-state index contributed by atoms with van der Waals surface area (Å²) >= 11 is 1.94. The molecule has 6 heteroatoms. The number of benzene rings is 2. The van der Waals surface area contributed by atoms with Crippen LogP contribution in [0, 0.1) is 5.92 Å². The van der Waals surface area contributed by atoms with Gasteiger partial charge in [0.15, 0.2) is 0 Å². The third kappa shape index (κ3) is 3.82. The highest BCUT2D eigenvalue weighted by atomic mass is 32.2. The molecule has 5 aliphatic rings. The van der Waals surface area contributed by atoms with E-state index >= 15 is 0 Å². The molecule has 0 saturated carbocycles. The minimum atomic E-state index is -0.0312. The first kappa shape index (κ1) is 21.1. The molecule has 5 nitrogen and oxygen atoms in total. The summed E-state index contributed by atoms with van der Waals surface area (Å²) in [5.74, 6) is 2.44. The molecule has 2 heterocycles. The van der Waals surface area contributed by atoms with Crippen LogP contribution in [0.1, 0.15) is 66.2 Å². The van der Waals surface area contributed by atoms with E-state index in [1.165, 1.54) is 22.3 Å². The van der Waals surface area contributed by atoms with E-state index in [9.17, 15) is 9.59 Å². The number of urea groups is 1. The van der Waals surface area contributed by atoms with Crippen molar-refractivity contribution in [3.8, 4) is 0 Å². The van der Waals surface area contributed by atoms with E-state index in [1.807, 2.05) is 11.8 Å². The molecule has 33 heavy (non-hydrogen) atoms. The number of fused-ring (bicyclic) bond motifs is 2. The highest BCUT2D eigenvalue weighted by Crippen LogP contribution is 2.55. The summed E-state index contributed by atoms with van der Waals surface area (Å²) in [6.07, 6.45) is 4.69. The Balaban J connectivity index is 1.01. The average Bonchev–Trinajstić information content (AvgIpc) is 3.40. The number of hydrogen-bond donors (Lipinski definition) is 3. The Morgan fingerprint density at radius 2 is 1.67 bits per heavy atom. The molecule has 0 unspecified atom stereocenters. The molecule has 4 atom stereocenters. The molecule has 2 aliphatic heterocycles. The molecule has 2 fully saturated rings. The molecule has 2 aromatic rings. The van der Waals surface area contributed by atoms with Gasteiger partial charge in [-0.15, -0.1) is 0 Å². The first-order valence-electron chi connectivity index (χ1n) is 12.3. The topological polar surface area (TPSA) is 70.2 Å². The number of unbranched alkanes of at least 4 members (excludes halogenated alkanes) is 1. The van der Waals surface area contributed by atoms with Crippen LogP contribution in [0.5, 0.6) is 0 Å². The lowest BCUT2D eigenvalue weighted by Crippen LogP contribution is -2.39. The van der Waals surface area contributed by atoms with Crippen molar-refractivity contribution in [2.24, 2.45) is 5.92 Å². The highest BCUT2D eigenvalue weighted by Gasteiger charge is 2.43. The van der Waals surface area contributed by atoms with Gasteiger partial charge < -0.3 is 16.0 Å². The molecule has 172 valence electrons. The van der Waals surface area contributed by atoms with Crippen LogP contribution in [0.4, 0.5) is 4.79 Å². The predicted molar refractivity (Wildman–Crippen MR) is 132 cm³/mol. The van der Waals surface area contributed by atoms with Crippen molar-refractivity contribution < 1.29 is 9.59 Å². The fraction of sp³-hybridized carbons (Fsp3) is 0.481. The Morgan fingerprint density at radius 3 is 2.39 bits per heavy atom. The Labute approximate surface area is 199 Å². The molecule has 2 bridgehead atoms. The number of rotatable bonds is 7. The third-order valence-electron chi connectivity index (χ3n) is 8.06. The minimum Gasteiger partial charge on any atom is -0.356 e. The monoisotopic (exact) mass is 461 g/mol. The fourth-order valence-corrected chi connectivity index (χ4v) is 8.11. The van der Waals surface area contributed by atoms with Gasteiger partial charge in [-0.3, -0.25) is 4.79 Å². The number of carbonyl (C=O) groups is 2. The van der Waals surface area contributed by atoms with Gasteiger partial charge >= 0.3 is 6.03 Å². The quantitative estimate of drug-likeness (QED) is 0.429. The van der Waals surface area contributed by atoms with Gasteiger partial charge in [0, 0.05) is 35.8 Å². The second-order valence-electron chi connectivity index (χ2n) is 9.96. The minimum absolute atomic E-state index is 0.0312. The van der Waals surface area contributed by atoms with E-state index in [0.29, 0.717) is 29.4 Å². The standard InChI is InChI=1S/C27H31N3O2S/c31-24(12-6-5-11-23-26-22(15-33-23)29-27(32)30-26)28-14-16-13-21-17-7-1-3-9-19(17)25(16)20-10-4-2-8-18(20)21/h1-4,7-10,16,21-23,25-26H,5-6,11-15H2,(H,28,31)(H2,29,30,32)/t16-,21?,22+,23+,25?,26+/m1/s1. The van der Waals surface area contributed by atoms with Crippen LogP contribution in [0.2, 0.25) is 0 Å². The molecule has 3 amide bonds. The molecule has 3 N–H and O–H groups in total. The maximum atomic E-state index is 12.6. The van der Waals surface area contributed by atoms with Gasteiger partial charge in [-0.25, -0.2) is 4.79 Å². The first-order valence-corrected chi connectivity index (χ1v) is 13.4. The maximum Gasteiger partial charge on any atom is 0.315 e. The largest absolute Gasteiger partial charge is 0.356 e. The normalized spacial score (nSPS) is 30.7. The van der Waals surface area contributed by atoms with Gasteiger partial charge in [0.25, 0.3) is 0 Å². The van der Waals surface area contributed by atoms with Crippen LogP contribution < -0.4 is 16.0 Å². The van der Waals surface area contributed by atoms with Crippen LogP contribution in [0.25, 0.3) is 0 Å². The van der Waals surface area contributed by atoms with Crippen molar-refractivity contribution in [2.45, 2.75) is 61.3 Å². The Hall–Kier alpha value is -2.47. The number of carbonyl (C=O) groups excluding carboxylic acids is 2. The number of nitrogens with one attached hydrogen (secondary N) is 3. The molecule has 7 rings (SSSR count). The fourth-order valence-electron chi connectivity index (χ4n) is 6.57. The van der Waals surface area contributed by atoms with Crippen molar-refractivity contribution in [2.75, 3.05) is 12.3 Å². The van der Waals surface area contributed by atoms with Gasteiger partial charge in [-0.1, -0.05) is 55.0 Å². The van der Waals surface area contributed by atoms with E-state index < -0.39 is 0 Å². The summed E-state index contributed by atoms with van der Waals surface area (Å²) in [6.45, 7) is 0.753. The van der Waals surface area contributed by atoms with Crippen LogP contribution in [-0.4, -0.2) is 41.6 Å². The zero-order chi connectivity index (χ0) is 22.4. The predicted octanol–water partition coefficient (Wildman–Crippen LogP) is 4.13. The summed E-state index contributed by atoms with van der Waals surface area (Å²) in [4.78, 5) is 24.1. The Kier molecular flexibility index (Phi) is 5.57. The zero-order valence-corrected chi connectivity index (χ0v) is 19.6. The third-order valence-corrected chi connectivity index (χ3v) is 9.57. The first-order chi connectivity index (χ1) is 16.2. The second-order valence-corrected chi connectivity index (χ2v) is 11.2. The van der Waals surface area contributed by atoms with Crippen LogP contribution in [0.15, 0.2) is 48.5 Å². The van der Waals surface area contributed by atoms with Crippen molar-refractivity contribution in [3.05, 3.63) is 70.8 Å². The SMILES string of the molecule is O=C(CCCC[C@@H]1SC[C@@H]2NC(=O)N[C@@H]21)NC[C@H]1CC2c3ccccc3C1c1ccccc12. The lowest BCUT2D eigenvalue weighted by molar-refractivity contribution is -0.121. The molecule has 0 radical (unpaired) electrons. The maximum absolute atomic E-state index is 12.6. The Morgan fingerprint density at radius 1 is 0.970 bits per heavy atom. The van der Waals surface area contributed by atoms with E-state index in [4.69, 9.17) is 0 Å². The molecule has 3 aliphatic carbocycles. The molecule has 2 saturated heterocycles. The van der Waals surface area contributed by atoms with E-state index in [2.05, 4.69) is 64.5 Å². The van der Waals surface area contributed by atoms with Crippen molar-refractivity contribution in [3.63, 3.8) is 0 Å². The molecular formula is C27H31N3O2S. The van der Waals surface area contributed by atoms with E-state index in [0.717, 1.165) is 38.0 Å². The lowest BCUT2D eigenvalue weighted by atomic mass is 9.59. The van der Waals surface area contributed by atoms with Crippen LogP contribution in [0.3, 0.4) is 0 Å². The van der Waals surface area contributed by atoms with Crippen LogP contribution in [-0.2, 0) is 4.79 Å². The molecular weight excluding hydrogens is 430 g/mol. The van der Waals surface area contributed by atoms with E-state index in [1.54, 1.807) is 0 Å². The molecule has 0 aromatic heterocycles. The van der Waals surface area contributed by atoms with Gasteiger partial charge in [0.1, 0.15) is 0 Å². The second kappa shape index (κ2) is 8.71. The van der Waals surface area contributed by atoms with E-state index in [-0.39, 0.29) is 24.0 Å². The van der Waals surface area contributed by atoms with Gasteiger partial charge in [0.05, 0.1) is 12.1 Å². The average molecular weight is 462 g/mol. The summed E-state index contributed by atoms with van der Waals surface area (Å²) in [6, 6.07) is 18.2. The smallest absolute Gasteiger partial charge is 0.315 e. The molecule has 0 spiro atoms. The highest BCUT2D eigenvalue weighted by molar-refractivity contribution is 8.00. The molecule has 2 aromatic carbocycles. The summed E-state index contributed by atoms with van der Waals surface area (Å²) < 4.78 is 0. The number of hydrogen-bond acceptors (Lipinski definition) is 3. The van der Waals surface area contributed by atoms with Crippen molar-refractivity contribution in [1.29, 1.82) is 0 Å². The lowest BCUT2D eigenvalue weighted by Gasteiger charge is -2.45. The van der Waals surface area contributed by atoms with Crippen molar-refractivity contribution in [1.82, 2.24) is 16.0 Å². The zero-order valence-electron chi connectivity index (χ0n) is 18.8. The summed E-state index contributed by atoms with van der Waals surface area (Å²) in [5, 5.41) is 9.77. The van der Waals surface area contributed by atoms with Gasteiger partial charge in [-0.2, -0.15) is 11.8 Å². The van der Waals surface area contributed by atoms with Gasteiger partial charge in [0.2, 0.25) is 5.91 Å². The van der Waals surface area contributed by atoms with Crippen LogP contribution >= 0.6 is 11.8 Å². The number of thioether (sulfide) groups is 1.